The highest BCUT2D eigenvalue weighted by molar-refractivity contribution is 5.69. The summed E-state index contributed by atoms with van der Waals surface area (Å²) in [5.41, 5.74) is 5.61. The van der Waals surface area contributed by atoms with Crippen molar-refractivity contribution in [3.8, 4) is 0 Å². The average molecular weight is 269 g/mol. The lowest BCUT2D eigenvalue weighted by molar-refractivity contribution is -0.145. The molecule has 0 aliphatic heterocycles. The Morgan fingerprint density at radius 3 is 2.47 bits per heavy atom. The zero-order chi connectivity index (χ0) is 14.1. The van der Waals surface area contributed by atoms with E-state index in [1.165, 1.54) is 32.1 Å². The molecule has 0 spiro atoms. The first-order chi connectivity index (χ1) is 9.13. The Kier molecular flexibility index (Phi) is 8.11. The summed E-state index contributed by atoms with van der Waals surface area (Å²) in [5.74, 6) is 1.73. The normalized spacial score (nSPS) is 18.5. The van der Waals surface area contributed by atoms with Crippen LogP contribution >= 0.6 is 0 Å². The molecule has 0 aromatic rings. The fourth-order valence-corrected chi connectivity index (χ4v) is 2.97. The second kappa shape index (κ2) is 9.35. The Hall–Kier alpha value is -0.570. The van der Waals surface area contributed by atoms with Crippen LogP contribution in [-0.2, 0) is 9.53 Å². The van der Waals surface area contributed by atoms with Gasteiger partial charge < -0.3 is 10.5 Å². The Morgan fingerprint density at radius 1 is 1.21 bits per heavy atom. The molecule has 3 heteroatoms. The molecule has 0 bridgehead atoms. The summed E-state index contributed by atoms with van der Waals surface area (Å²) >= 11 is 0. The molecule has 0 aromatic carbocycles. The maximum atomic E-state index is 11.8. The number of nitrogens with two attached hydrogens (primary N) is 1. The first-order valence-corrected chi connectivity index (χ1v) is 7.99. The zero-order valence-corrected chi connectivity index (χ0v) is 12.7. The summed E-state index contributed by atoms with van der Waals surface area (Å²) in [4.78, 5) is 11.8. The van der Waals surface area contributed by atoms with E-state index in [1.807, 2.05) is 0 Å². The molecule has 1 unspecified atom stereocenters. The third-order valence-corrected chi connectivity index (χ3v) is 4.40. The van der Waals surface area contributed by atoms with Crippen LogP contribution in [0.5, 0.6) is 0 Å². The predicted molar refractivity (Wildman–Crippen MR) is 78.8 cm³/mol. The van der Waals surface area contributed by atoms with Crippen LogP contribution in [0.15, 0.2) is 0 Å². The minimum atomic E-state index is -0.0201. The molecule has 1 rings (SSSR count). The van der Waals surface area contributed by atoms with Crippen LogP contribution in [0.1, 0.15) is 65.2 Å². The summed E-state index contributed by atoms with van der Waals surface area (Å²) in [6.07, 6.45) is 8.88. The molecule has 1 aliphatic rings. The summed E-state index contributed by atoms with van der Waals surface area (Å²) in [7, 11) is 0. The lowest BCUT2D eigenvalue weighted by atomic mass is 9.88. The number of carbonyl (C=O) groups is 1. The number of hydrogen-bond donors (Lipinski definition) is 1. The van der Waals surface area contributed by atoms with Crippen molar-refractivity contribution < 1.29 is 9.53 Å². The smallest absolute Gasteiger partial charge is 0.305 e. The van der Waals surface area contributed by atoms with Gasteiger partial charge in [-0.25, -0.2) is 0 Å². The van der Waals surface area contributed by atoms with Gasteiger partial charge in [0.2, 0.25) is 0 Å². The van der Waals surface area contributed by atoms with Crippen LogP contribution in [0.25, 0.3) is 0 Å². The summed E-state index contributed by atoms with van der Waals surface area (Å²) < 4.78 is 5.42. The monoisotopic (exact) mass is 269 g/mol. The molecule has 112 valence electrons. The Morgan fingerprint density at radius 2 is 1.89 bits per heavy atom. The van der Waals surface area contributed by atoms with Gasteiger partial charge >= 0.3 is 5.97 Å². The third kappa shape index (κ3) is 6.95. The van der Waals surface area contributed by atoms with Crippen LogP contribution in [-0.4, -0.2) is 19.1 Å². The van der Waals surface area contributed by atoms with Gasteiger partial charge in [0.25, 0.3) is 0 Å². The van der Waals surface area contributed by atoms with Gasteiger partial charge in [-0.05, 0) is 50.0 Å². The molecule has 2 N–H and O–H groups in total. The van der Waals surface area contributed by atoms with E-state index in [0.29, 0.717) is 37.3 Å². The van der Waals surface area contributed by atoms with Crippen molar-refractivity contribution in [3.05, 3.63) is 0 Å². The van der Waals surface area contributed by atoms with Crippen LogP contribution < -0.4 is 5.73 Å². The number of esters is 1. The topological polar surface area (TPSA) is 52.3 Å². The molecule has 0 saturated heterocycles. The molecule has 1 saturated carbocycles. The number of carbonyl (C=O) groups excluding carboxylic acids is 1. The molecular weight excluding hydrogens is 238 g/mol. The summed E-state index contributed by atoms with van der Waals surface area (Å²) in [6.45, 7) is 5.75. The largest absolute Gasteiger partial charge is 0.465 e. The highest BCUT2D eigenvalue weighted by atomic mass is 16.5. The average Bonchev–Trinajstić information content (AvgIpc) is 2.42. The van der Waals surface area contributed by atoms with Gasteiger partial charge in [0.1, 0.15) is 0 Å². The highest BCUT2D eigenvalue weighted by Gasteiger charge is 2.17. The highest BCUT2D eigenvalue weighted by Crippen LogP contribution is 2.24. The summed E-state index contributed by atoms with van der Waals surface area (Å²) in [6, 6.07) is 0. The first kappa shape index (κ1) is 16.5. The Labute approximate surface area is 118 Å². The minimum Gasteiger partial charge on any atom is -0.465 e. The van der Waals surface area contributed by atoms with E-state index >= 15 is 0 Å². The van der Waals surface area contributed by atoms with Crippen molar-refractivity contribution in [2.75, 3.05) is 13.2 Å². The first-order valence-electron chi connectivity index (χ1n) is 7.99. The SMILES string of the molecule is CC(C)C(CCN)CCC(=O)OCC1CCCCC1. The minimum absolute atomic E-state index is 0.0201. The van der Waals surface area contributed by atoms with Crippen LogP contribution in [0, 0.1) is 17.8 Å². The van der Waals surface area contributed by atoms with Gasteiger partial charge in [0, 0.05) is 6.42 Å². The molecule has 1 atom stereocenters. The van der Waals surface area contributed by atoms with Crippen molar-refractivity contribution >= 4 is 5.97 Å². The molecular formula is C16H31NO2. The number of hydrogen-bond acceptors (Lipinski definition) is 3. The van der Waals surface area contributed by atoms with Gasteiger partial charge in [0.05, 0.1) is 6.61 Å². The fourth-order valence-electron chi connectivity index (χ4n) is 2.97. The number of ether oxygens (including phenoxy) is 1. The van der Waals surface area contributed by atoms with E-state index in [9.17, 15) is 4.79 Å². The van der Waals surface area contributed by atoms with Crippen molar-refractivity contribution in [1.82, 2.24) is 0 Å². The molecule has 1 aliphatic carbocycles. The molecule has 0 radical (unpaired) electrons. The van der Waals surface area contributed by atoms with E-state index in [2.05, 4.69) is 13.8 Å². The second-order valence-electron chi connectivity index (χ2n) is 6.31. The second-order valence-corrected chi connectivity index (χ2v) is 6.31. The quantitative estimate of drug-likeness (QED) is 0.686. The zero-order valence-electron chi connectivity index (χ0n) is 12.7. The number of rotatable bonds is 8. The van der Waals surface area contributed by atoms with Crippen molar-refractivity contribution in [2.24, 2.45) is 23.5 Å². The van der Waals surface area contributed by atoms with Crippen LogP contribution in [0.2, 0.25) is 0 Å². The molecule has 1 fully saturated rings. The van der Waals surface area contributed by atoms with Crippen molar-refractivity contribution in [3.63, 3.8) is 0 Å². The fraction of sp³-hybridized carbons (Fsp3) is 0.938. The van der Waals surface area contributed by atoms with E-state index in [4.69, 9.17) is 10.5 Å². The van der Waals surface area contributed by atoms with Crippen molar-refractivity contribution in [1.29, 1.82) is 0 Å². The standard InChI is InChI=1S/C16H31NO2/c1-13(2)15(10-11-17)8-9-16(18)19-12-14-6-4-3-5-7-14/h13-15H,3-12,17H2,1-2H3. The molecule has 0 heterocycles. The Balaban J connectivity index is 2.15. The molecule has 0 aromatic heterocycles. The van der Waals surface area contributed by atoms with Gasteiger partial charge in [-0.1, -0.05) is 33.1 Å². The van der Waals surface area contributed by atoms with Gasteiger partial charge in [0.15, 0.2) is 0 Å². The molecule has 0 amide bonds. The van der Waals surface area contributed by atoms with Gasteiger partial charge in [-0.3, -0.25) is 4.79 Å². The van der Waals surface area contributed by atoms with Crippen molar-refractivity contribution in [2.45, 2.75) is 65.2 Å². The van der Waals surface area contributed by atoms with E-state index in [0.717, 1.165) is 12.8 Å². The Bertz CT molecular complexity index is 247. The lowest BCUT2D eigenvalue weighted by Gasteiger charge is -2.22. The van der Waals surface area contributed by atoms with Gasteiger partial charge in [-0.2, -0.15) is 0 Å². The van der Waals surface area contributed by atoms with Crippen LogP contribution in [0.3, 0.4) is 0 Å². The maximum absolute atomic E-state index is 11.8. The third-order valence-electron chi connectivity index (χ3n) is 4.40. The van der Waals surface area contributed by atoms with E-state index < -0.39 is 0 Å². The maximum Gasteiger partial charge on any atom is 0.305 e. The molecule has 19 heavy (non-hydrogen) atoms. The van der Waals surface area contributed by atoms with Crippen LogP contribution in [0.4, 0.5) is 0 Å². The lowest BCUT2D eigenvalue weighted by Crippen LogP contribution is -2.19. The van der Waals surface area contributed by atoms with Gasteiger partial charge in [-0.15, -0.1) is 0 Å². The summed E-state index contributed by atoms with van der Waals surface area (Å²) in [5, 5.41) is 0. The molecule has 3 nitrogen and oxygen atoms in total. The van der Waals surface area contributed by atoms with E-state index in [-0.39, 0.29) is 5.97 Å². The predicted octanol–water partition coefficient (Wildman–Crippen LogP) is 3.51. The van der Waals surface area contributed by atoms with E-state index in [1.54, 1.807) is 0 Å².